The lowest BCUT2D eigenvalue weighted by atomic mass is 10.1. The molecule has 5 rings (SSSR count). The van der Waals surface area contributed by atoms with E-state index in [9.17, 15) is 9.59 Å². The van der Waals surface area contributed by atoms with Crippen LogP contribution in [0.15, 0.2) is 78.2 Å². The van der Waals surface area contributed by atoms with Gasteiger partial charge in [0.05, 0.1) is 16.8 Å². The Bertz CT molecular complexity index is 1280. The molecule has 1 amide bonds. The highest BCUT2D eigenvalue weighted by atomic mass is 16.2. The van der Waals surface area contributed by atoms with E-state index in [0.29, 0.717) is 30.0 Å². The van der Waals surface area contributed by atoms with Crippen LogP contribution in [0.3, 0.4) is 0 Å². The second-order valence-corrected chi connectivity index (χ2v) is 7.69. The molecule has 156 valence electrons. The number of pyridine rings is 1. The Morgan fingerprint density at radius 1 is 1.00 bits per heavy atom. The number of carbonyl (C=O) groups excluding carboxylic acids is 1. The lowest BCUT2D eigenvalue weighted by Crippen LogP contribution is -2.49. The Balaban J connectivity index is 1.61. The molecule has 0 atom stereocenters. The number of hydrogen-bond donors (Lipinski definition) is 0. The minimum atomic E-state index is -0.232. The van der Waals surface area contributed by atoms with Crippen LogP contribution >= 0.6 is 0 Å². The molecule has 3 aliphatic heterocycles. The van der Waals surface area contributed by atoms with Crippen molar-refractivity contribution < 1.29 is 4.79 Å². The predicted octanol–water partition coefficient (Wildman–Crippen LogP) is 3.06. The average Bonchev–Trinajstić information content (AvgIpc) is 3.16. The number of carbonyl (C=O) groups is 1. The SMILES string of the molecule is C=CCN1CCN(C(=O)n2cc3c(=O)n(-c4ccccc4)nc-3c3ccccc32)CC1. The number of para-hydroxylation sites is 2. The number of fused-ring (bicyclic) bond motifs is 3. The Kier molecular flexibility index (Phi) is 4.88. The minimum Gasteiger partial charge on any atom is -0.321 e. The van der Waals surface area contributed by atoms with E-state index in [1.165, 1.54) is 4.68 Å². The molecule has 0 radical (unpaired) electrons. The van der Waals surface area contributed by atoms with Gasteiger partial charge in [-0.05, 0) is 18.2 Å². The molecule has 3 aliphatic rings. The molecule has 0 spiro atoms. The van der Waals surface area contributed by atoms with Crippen LogP contribution in [0.1, 0.15) is 0 Å². The maximum absolute atomic E-state index is 13.4. The van der Waals surface area contributed by atoms with Gasteiger partial charge in [0, 0.05) is 44.3 Å². The first-order valence-electron chi connectivity index (χ1n) is 10.4. The van der Waals surface area contributed by atoms with E-state index < -0.39 is 0 Å². The van der Waals surface area contributed by atoms with Crippen molar-refractivity contribution in [3.63, 3.8) is 0 Å². The Morgan fingerprint density at radius 3 is 2.45 bits per heavy atom. The molecule has 1 fully saturated rings. The standard InChI is InChI=1S/C24H23N5O2/c1-2-12-26-13-15-27(16-14-26)24(31)28-17-20-22(19-10-6-7-11-21(19)28)25-29(23(20)30)18-8-4-3-5-9-18/h2-11,17H,1,12-16H2. The van der Waals surface area contributed by atoms with E-state index in [1.54, 1.807) is 10.8 Å². The molecule has 1 saturated heterocycles. The summed E-state index contributed by atoms with van der Waals surface area (Å²) in [6.45, 7) is 7.49. The summed E-state index contributed by atoms with van der Waals surface area (Å²) in [7, 11) is 0. The Hall–Kier alpha value is -3.71. The van der Waals surface area contributed by atoms with Crippen LogP contribution < -0.4 is 5.56 Å². The number of piperazine rings is 1. The molecule has 0 bridgehead atoms. The smallest absolute Gasteiger partial charge is 0.321 e. The maximum Gasteiger partial charge on any atom is 0.328 e. The van der Waals surface area contributed by atoms with Crippen molar-refractivity contribution in [2.75, 3.05) is 32.7 Å². The van der Waals surface area contributed by atoms with Crippen LogP contribution in [0.25, 0.3) is 27.8 Å². The molecule has 0 aliphatic carbocycles. The Morgan fingerprint density at radius 2 is 1.71 bits per heavy atom. The predicted molar refractivity (Wildman–Crippen MR) is 121 cm³/mol. The number of aromatic nitrogens is 3. The van der Waals surface area contributed by atoms with E-state index in [0.717, 1.165) is 30.5 Å². The van der Waals surface area contributed by atoms with Crippen molar-refractivity contribution in [2.45, 2.75) is 0 Å². The third-order valence-corrected chi connectivity index (χ3v) is 5.79. The van der Waals surface area contributed by atoms with E-state index in [2.05, 4.69) is 16.6 Å². The summed E-state index contributed by atoms with van der Waals surface area (Å²) in [5.41, 5.74) is 2.24. The van der Waals surface area contributed by atoms with E-state index in [1.807, 2.05) is 65.6 Å². The van der Waals surface area contributed by atoms with Gasteiger partial charge in [-0.3, -0.25) is 14.3 Å². The summed E-state index contributed by atoms with van der Waals surface area (Å²) >= 11 is 0. The van der Waals surface area contributed by atoms with Crippen LogP contribution in [-0.2, 0) is 0 Å². The highest BCUT2D eigenvalue weighted by Gasteiger charge is 2.26. The van der Waals surface area contributed by atoms with Crippen molar-refractivity contribution >= 4 is 16.9 Å². The van der Waals surface area contributed by atoms with Gasteiger partial charge >= 0.3 is 6.03 Å². The fraction of sp³-hybridized carbons (Fsp3) is 0.208. The summed E-state index contributed by atoms with van der Waals surface area (Å²) < 4.78 is 3.00. The highest BCUT2D eigenvalue weighted by molar-refractivity contribution is 5.99. The first-order valence-corrected chi connectivity index (χ1v) is 10.4. The van der Waals surface area contributed by atoms with Gasteiger partial charge in [0.25, 0.3) is 5.56 Å². The molecule has 7 heteroatoms. The van der Waals surface area contributed by atoms with Gasteiger partial charge in [0.15, 0.2) is 0 Å². The fourth-order valence-electron chi connectivity index (χ4n) is 4.17. The number of benzene rings is 2. The van der Waals surface area contributed by atoms with E-state index >= 15 is 0 Å². The first kappa shape index (κ1) is 19.3. The number of amides is 1. The quantitative estimate of drug-likeness (QED) is 0.484. The van der Waals surface area contributed by atoms with Gasteiger partial charge in [-0.2, -0.15) is 9.78 Å². The first-order chi connectivity index (χ1) is 15.2. The zero-order chi connectivity index (χ0) is 21.4. The van der Waals surface area contributed by atoms with Gasteiger partial charge in [-0.25, -0.2) is 4.79 Å². The Labute approximate surface area is 179 Å². The number of hydrogen-bond acceptors (Lipinski definition) is 4. The third kappa shape index (κ3) is 3.33. The van der Waals surface area contributed by atoms with Crippen LogP contribution in [0.4, 0.5) is 4.79 Å². The lowest BCUT2D eigenvalue weighted by molar-refractivity contribution is 0.148. The van der Waals surface area contributed by atoms with E-state index in [-0.39, 0.29) is 11.6 Å². The van der Waals surface area contributed by atoms with Crippen molar-refractivity contribution in [1.82, 2.24) is 24.1 Å². The number of rotatable bonds is 3. The summed E-state index contributed by atoms with van der Waals surface area (Å²) in [4.78, 5) is 30.7. The molecule has 2 aromatic rings. The van der Waals surface area contributed by atoms with Gasteiger partial charge < -0.3 is 4.90 Å². The van der Waals surface area contributed by atoms with Gasteiger partial charge in [-0.1, -0.05) is 42.5 Å². The zero-order valence-corrected chi connectivity index (χ0v) is 17.1. The van der Waals surface area contributed by atoms with Gasteiger partial charge in [0.2, 0.25) is 0 Å². The summed E-state index contributed by atoms with van der Waals surface area (Å²) in [5.74, 6) is 0. The van der Waals surface area contributed by atoms with Crippen molar-refractivity contribution in [3.05, 3.63) is 83.8 Å². The van der Waals surface area contributed by atoms with Crippen molar-refractivity contribution in [1.29, 1.82) is 0 Å². The van der Waals surface area contributed by atoms with Gasteiger partial charge in [-0.15, -0.1) is 6.58 Å². The summed E-state index contributed by atoms with van der Waals surface area (Å²) in [6, 6.07) is 16.8. The van der Waals surface area contributed by atoms with Crippen LogP contribution in [0, 0.1) is 0 Å². The second-order valence-electron chi connectivity index (χ2n) is 7.69. The van der Waals surface area contributed by atoms with Crippen molar-refractivity contribution in [2.24, 2.45) is 0 Å². The van der Waals surface area contributed by atoms with Crippen LogP contribution in [-0.4, -0.2) is 62.9 Å². The fourth-order valence-corrected chi connectivity index (χ4v) is 4.17. The van der Waals surface area contributed by atoms with Gasteiger partial charge in [0.1, 0.15) is 5.69 Å². The molecular formula is C24H23N5O2. The minimum absolute atomic E-state index is 0.122. The molecule has 0 unspecified atom stereocenters. The van der Waals surface area contributed by atoms with E-state index in [4.69, 9.17) is 0 Å². The molecule has 2 aromatic carbocycles. The summed E-state index contributed by atoms with van der Waals surface area (Å²) in [6.07, 6.45) is 3.53. The topological polar surface area (TPSA) is 63.4 Å². The number of nitrogens with zero attached hydrogens (tertiary/aromatic N) is 5. The monoisotopic (exact) mass is 413 g/mol. The molecule has 0 saturated carbocycles. The highest BCUT2D eigenvalue weighted by Crippen LogP contribution is 2.28. The van der Waals surface area contributed by atoms with Crippen LogP contribution in [0.2, 0.25) is 0 Å². The third-order valence-electron chi connectivity index (χ3n) is 5.79. The molecule has 3 heterocycles. The zero-order valence-electron chi connectivity index (χ0n) is 17.1. The molecule has 0 aromatic heterocycles. The average molecular weight is 413 g/mol. The van der Waals surface area contributed by atoms with Crippen LogP contribution in [0.5, 0.6) is 0 Å². The molecular weight excluding hydrogens is 390 g/mol. The summed E-state index contributed by atoms with van der Waals surface area (Å²) in [5, 5.41) is 5.39. The molecule has 7 nitrogen and oxygen atoms in total. The molecule has 0 N–H and O–H groups in total. The largest absolute Gasteiger partial charge is 0.328 e. The van der Waals surface area contributed by atoms with Crippen molar-refractivity contribution in [3.8, 4) is 16.9 Å². The lowest BCUT2D eigenvalue weighted by Gasteiger charge is -2.34. The molecule has 31 heavy (non-hydrogen) atoms. The normalized spacial score (nSPS) is 14.9. The second kappa shape index (κ2) is 7.85. The maximum atomic E-state index is 13.4.